The average molecular weight is 617 g/mol. The second kappa shape index (κ2) is 9.13. The summed E-state index contributed by atoms with van der Waals surface area (Å²) in [6, 6.07) is 31.0. The Hall–Kier alpha value is -2.36. The van der Waals surface area contributed by atoms with Crippen molar-refractivity contribution in [1.82, 2.24) is 0 Å². The number of rotatable bonds is 4. The first-order chi connectivity index (χ1) is 17.3. The molecule has 0 fully saturated rings. The first kappa shape index (κ1) is 26.3. The lowest BCUT2D eigenvalue weighted by Gasteiger charge is -2.44. The largest absolute Gasteiger partial charge is 0.310 e. The van der Waals surface area contributed by atoms with Crippen LogP contribution in [0, 0.1) is 12.3 Å². The van der Waals surface area contributed by atoms with E-state index in [0.717, 1.165) is 26.0 Å². The first-order valence-corrected chi connectivity index (χ1v) is 14.5. The van der Waals surface area contributed by atoms with E-state index in [-0.39, 0.29) is 16.2 Å². The SMILES string of the molecule is Cc1cc(N(c2ccc(Br)cc2)c2ccc(Br)cc2)ccc1-c1ccc2c(c1)C(C)(C)C(C)(C)C2(C)C. The number of hydrogen-bond donors (Lipinski definition) is 0. The average Bonchev–Trinajstić information content (AvgIpc) is 2.96. The van der Waals surface area contributed by atoms with Crippen molar-refractivity contribution in [3.8, 4) is 11.1 Å². The molecule has 0 N–H and O–H groups in total. The van der Waals surface area contributed by atoms with Gasteiger partial charge in [-0.3, -0.25) is 0 Å². The highest BCUT2D eigenvalue weighted by molar-refractivity contribution is 9.10. The highest BCUT2D eigenvalue weighted by atomic mass is 79.9. The lowest BCUT2D eigenvalue weighted by molar-refractivity contribution is 0.125. The third-order valence-corrected chi connectivity index (χ3v) is 10.5. The van der Waals surface area contributed by atoms with Gasteiger partial charge in [-0.15, -0.1) is 0 Å². The van der Waals surface area contributed by atoms with Crippen LogP contribution in [0.5, 0.6) is 0 Å². The maximum absolute atomic E-state index is 3.58. The van der Waals surface area contributed by atoms with Gasteiger partial charge in [0.15, 0.2) is 0 Å². The monoisotopic (exact) mass is 615 g/mol. The normalized spacial score (nSPS) is 16.9. The Bertz CT molecular complexity index is 1420. The van der Waals surface area contributed by atoms with Crippen LogP contribution in [0.15, 0.2) is 93.9 Å². The summed E-state index contributed by atoms with van der Waals surface area (Å²) in [6.45, 7) is 16.7. The molecule has 1 aliphatic rings. The number of fused-ring (bicyclic) bond motifs is 1. The molecular weight excluding hydrogens is 582 g/mol. The van der Waals surface area contributed by atoms with Crippen molar-refractivity contribution in [2.24, 2.45) is 5.41 Å². The Morgan fingerprint density at radius 2 is 1.03 bits per heavy atom. The molecule has 5 rings (SSSR count). The summed E-state index contributed by atoms with van der Waals surface area (Å²) in [5, 5.41) is 0. The van der Waals surface area contributed by atoms with Crippen LogP contribution >= 0.6 is 31.9 Å². The van der Waals surface area contributed by atoms with Crippen molar-refractivity contribution in [2.75, 3.05) is 4.90 Å². The molecule has 0 unspecified atom stereocenters. The van der Waals surface area contributed by atoms with Gasteiger partial charge in [-0.1, -0.05) is 97.7 Å². The minimum Gasteiger partial charge on any atom is -0.310 e. The third-order valence-electron chi connectivity index (χ3n) is 9.44. The van der Waals surface area contributed by atoms with E-state index in [4.69, 9.17) is 0 Å². The number of anilines is 3. The van der Waals surface area contributed by atoms with Gasteiger partial charge >= 0.3 is 0 Å². The first-order valence-electron chi connectivity index (χ1n) is 12.9. The second-order valence-electron chi connectivity index (χ2n) is 11.9. The Labute approximate surface area is 239 Å². The summed E-state index contributed by atoms with van der Waals surface area (Å²) in [7, 11) is 0. The zero-order valence-electron chi connectivity index (χ0n) is 22.8. The quantitative estimate of drug-likeness (QED) is 0.220. The van der Waals surface area contributed by atoms with Crippen LogP contribution in [0.2, 0.25) is 0 Å². The lowest BCUT2D eigenvalue weighted by Crippen LogP contribution is -2.42. The summed E-state index contributed by atoms with van der Waals surface area (Å²) >= 11 is 7.16. The molecule has 0 saturated heterocycles. The zero-order valence-corrected chi connectivity index (χ0v) is 26.0. The number of nitrogens with zero attached hydrogens (tertiary/aromatic N) is 1. The summed E-state index contributed by atoms with van der Waals surface area (Å²) in [4.78, 5) is 2.31. The third kappa shape index (κ3) is 4.19. The molecule has 0 spiro atoms. The van der Waals surface area contributed by atoms with Gasteiger partial charge in [0, 0.05) is 26.0 Å². The molecule has 37 heavy (non-hydrogen) atoms. The predicted molar refractivity (Wildman–Crippen MR) is 167 cm³/mol. The standard InChI is InChI=1S/C34H35Br2N/c1-22-20-28(37(26-13-9-24(35)10-14-26)27-15-11-25(36)12-16-27)17-18-29(22)23-8-19-30-31(21-23)33(4,5)34(6,7)32(30,2)3/h8-21H,1-7H3. The summed E-state index contributed by atoms with van der Waals surface area (Å²) in [5.74, 6) is 0. The number of hydrogen-bond acceptors (Lipinski definition) is 1. The van der Waals surface area contributed by atoms with Gasteiger partial charge in [0.25, 0.3) is 0 Å². The highest BCUT2D eigenvalue weighted by Crippen LogP contribution is 2.61. The molecule has 0 atom stereocenters. The van der Waals surface area contributed by atoms with E-state index in [1.165, 1.54) is 27.8 Å². The maximum Gasteiger partial charge on any atom is 0.0464 e. The van der Waals surface area contributed by atoms with Gasteiger partial charge in [-0.05, 0) is 112 Å². The number of aryl methyl sites for hydroxylation is 1. The Kier molecular flexibility index (Phi) is 6.48. The smallest absolute Gasteiger partial charge is 0.0464 e. The lowest BCUT2D eigenvalue weighted by atomic mass is 9.59. The van der Waals surface area contributed by atoms with Crippen LogP contribution in [-0.4, -0.2) is 0 Å². The van der Waals surface area contributed by atoms with Gasteiger partial charge in [-0.2, -0.15) is 0 Å². The van der Waals surface area contributed by atoms with Crippen LogP contribution in [0.3, 0.4) is 0 Å². The molecule has 0 bridgehead atoms. The van der Waals surface area contributed by atoms with E-state index < -0.39 is 0 Å². The van der Waals surface area contributed by atoms with Crippen LogP contribution in [-0.2, 0) is 10.8 Å². The van der Waals surface area contributed by atoms with E-state index in [0.29, 0.717) is 0 Å². The summed E-state index contributed by atoms with van der Waals surface area (Å²) in [5.41, 5.74) is 10.6. The van der Waals surface area contributed by atoms with Gasteiger partial charge in [0.1, 0.15) is 0 Å². The molecule has 4 aromatic carbocycles. The van der Waals surface area contributed by atoms with Crippen LogP contribution < -0.4 is 4.90 Å². The topological polar surface area (TPSA) is 3.24 Å². The van der Waals surface area contributed by atoms with E-state index in [1.807, 2.05) is 0 Å². The minimum atomic E-state index is 0.0929. The molecule has 1 aliphatic carbocycles. The van der Waals surface area contributed by atoms with Crippen LogP contribution in [0.25, 0.3) is 11.1 Å². The summed E-state index contributed by atoms with van der Waals surface area (Å²) in [6.07, 6.45) is 0. The van der Waals surface area contributed by atoms with E-state index in [1.54, 1.807) is 0 Å². The van der Waals surface area contributed by atoms with Crippen LogP contribution in [0.4, 0.5) is 17.1 Å². The molecule has 0 radical (unpaired) electrons. The van der Waals surface area contributed by atoms with Crippen molar-refractivity contribution >= 4 is 48.9 Å². The van der Waals surface area contributed by atoms with Crippen molar-refractivity contribution in [3.05, 3.63) is 111 Å². The van der Waals surface area contributed by atoms with Crippen molar-refractivity contribution in [1.29, 1.82) is 0 Å². The Morgan fingerprint density at radius 1 is 0.541 bits per heavy atom. The van der Waals surface area contributed by atoms with E-state index in [9.17, 15) is 0 Å². The van der Waals surface area contributed by atoms with Gasteiger partial charge in [0.2, 0.25) is 0 Å². The molecule has 0 aliphatic heterocycles. The Morgan fingerprint density at radius 3 is 1.54 bits per heavy atom. The highest BCUT2D eigenvalue weighted by Gasteiger charge is 2.56. The molecule has 0 amide bonds. The molecule has 190 valence electrons. The van der Waals surface area contributed by atoms with Crippen molar-refractivity contribution in [3.63, 3.8) is 0 Å². The van der Waals surface area contributed by atoms with Crippen molar-refractivity contribution in [2.45, 2.75) is 59.3 Å². The number of benzene rings is 4. The molecule has 4 aromatic rings. The molecule has 0 heterocycles. The Balaban J connectivity index is 1.59. The fourth-order valence-electron chi connectivity index (χ4n) is 5.97. The van der Waals surface area contributed by atoms with Gasteiger partial charge < -0.3 is 4.90 Å². The predicted octanol–water partition coefficient (Wildman–Crippen LogP) is 11.3. The van der Waals surface area contributed by atoms with Gasteiger partial charge in [-0.25, -0.2) is 0 Å². The number of halogens is 2. The molecule has 0 aromatic heterocycles. The molecule has 3 heteroatoms. The molecule has 1 nitrogen and oxygen atoms in total. The molecular formula is C34H35Br2N. The maximum atomic E-state index is 3.58. The fourth-order valence-corrected chi connectivity index (χ4v) is 6.50. The fraction of sp³-hybridized carbons (Fsp3) is 0.294. The summed E-state index contributed by atoms with van der Waals surface area (Å²) < 4.78 is 2.15. The minimum absolute atomic E-state index is 0.0929. The van der Waals surface area contributed by atoms with E-state index >= 15 is 0 Å². The zero-order chi connectivity index (χ0) is 26.8. The molecule has 0 saturated carbocycles. The van der Waals surface area contributed by atoms with E-state index in [2.05, 4.69) is 170 Å². The van der Waals surface area contributed by atoms with Crippen LogP contribution in [0.1, 0.15) is 58.2 Å². The van der Waals surface area contributed by atoms with Crippen molar-refractivity contribution < 1.29 is 0 Å². The van der Waals surface area contributed by atoms with Gasteiger partial charge in [0.05, 0.1) is 0 Å². The second-order valence-corrected chi connectivity index (χ2v) is 13.8.